The van der Waals surface area contributed by atoms with Gasteiger partial charge in [0.2, 0.25) is 5.91 Å². The van der Waals surface area contributed by atoms with E-state index in [1.54, 1.807) is 31.4 Å². The number of amides is 2. The van der Waals surface area contributed by atoms with Gasteiger partial charge >= 0.3 is 0 Å². The second-order valence-corrected chi connectivity index (χ2v) is 10.2. The van der Waals surface area contributed by atoms with Crippen LogP contribution in [0.15, 0.2) is 72.8 Å². The van der Waals surface area contributed by atoms with E-state index in [0.29, 0.717) is 36.8 Å². The van der Waals surface area contributed by atoms with Gasteiger partial charge in [0.25, 0.3) is 5.91 Å². The number of hydrogen-bond donors (Lipinski definition) is 0. The summed E-state index contributed by atoms with van der Waals surface area (Å²) in [4.78, 5) is 33.4. The van der Waals surface area contributed by atoms with E-state index in [0.717, 1.165) is 24.4 Å². The Morgan fingerprint density at radius 2 is 1.51 bits per heavy atom. The highest BCUT2D eigenvalue weighted by molar-refractivity contribution is 6.30. The first-order valence-electron chi connectivity index (χ1n) is 12.7. The van der Waals surface area contributed by atoms with Crippen LogP contribution in [0, 0.1) is 12.8 Å². The number of likely N-dealkylation sites (tertiary alicyclic amines) is 1. The van der Waals surface area contributed by atoms with Crippen LogP contribution in [0.4, 0.5) is 5.69 Å². The fourth-order valence-corrected chi connectivity index (χ4v) is 5.63. The van der Waals surface area contributed by atoms with Gasteiger partial charge in [-0.3, -0.25) is 9.59 Å². The first kappa shape index (κ1) is 25.2. The molecule has 0 saturated carbocycles. The maximum atomic E-state index is 13.9. The second kappa shape index (κ2) is 10.9. The third-order valence-corrected chi connectivity index (χ3v) is 7.86. The van der Waals surface area contributed by atoms with Crippen molar-refractivity contribution >= 4 is 29.1 Å². The molecule has 0 bridgehead atoms. The molecule has 0 aromatic heterocycles. The zero-order valence-corrected chi connectivity index (χ0v) is 22.0. The van der Waals surface area contributed by atoms with Crippen LogP contribution < -0.4 is 9.64 Å². The first-order valence-corrected chi connectivity index (χ1v) is 13.1. The number of halogens is 1. The van der Waals surface area contributed by atoms with Crippen molar-refractivity contribution < 1.29 is 14.3 Å². The molecule has 5 rings (SSSR count). The molecule has 2 aliphatic rings. The third-order valence-electron chi connectivity index (χ3n) is 7.61. The number of aryl methyl sites for hydroxylation is 1. The van der Waals surface area contributed by atoms with Crippen LogP contribution in [0.1, 0.15) is 27.4 Å². The van der Waals surface area contributed by atoms with Gasteiger partial charge in [-0.2, -0.15) is 0 Å². The van der Waals surface area contributed by atoms with Crippen molar-refractivity contribution in [3.8, 4) is 5.75 Å². The Morgan fingerprint density at radius 3 is 2.16 bits per heavy atom. The summed E-state index contributed by atoms with van der Waals surface area (Å²) in [6.07, 6.45) is 0. The van der Waals surface area contributed by atoms with Crippen molar-refractivity contribution in [3.63, 3.8) is 0 Å². The summed E-state index contributed by atoms with van der Waals surface area (Å²) in [6, 6.07) is 23.2. The van der Waals surface area contributed by atoms with Crippen LogP contribution in [0.5, 0.6) is 5.75 Å². The van der Waals surface area contributed by atoms with Gasteiger partial charge in [-0.05, 0) is 60.5 Å². The van der Waals surface area contributed by atoms with E-state index >= 15 is 0 Å². The molecule has 0 radical (unpaired) electrons. The SMILES string of the molecule is COc1ccc([C@@H]2CN(C(=O)c3ccc(Cl)cc3)C[C@H]2C(=O)N2CCN(c3ccccc3C)CC2)cc1. The van der Waals surface area contributed by atoms with Crippen molar-refractivity contribution in [2.75, 3.05) is 51.3 Å². The van der Waals surface area contributed by atoms with Crippen molar-refractivity contribution in [1.29, 1.82) is 0 Å². The highest BCUT2D eigenvalue weighted by atomic mass is 35.5. The molecule has 0 spiro atoms. The van der Waals surface area contributed by atoms with Crippen LogP contribution in [0.3, 0.4) is 0 Å². The second-order valence-electron chi connectivity index (χ2n) is 9.80. The van der Waals surface area contributed by atoms with Gasteiger partial charge in [0.05, 0.1) is 13.0 Å². The predicted octanol–water partition coefficient (Wildman–Crippen LogP) is 4.86. The van der Waals surface area contributed by atoms with Gasteiger partial charge in [0.15, 0.2) is 0 Å². The number of anilines is 1. The molecule has 7 heteroatoms. The van der Waals surface area contributed by atoms with Crippen LogP contribution >= 0.6 is 11.6 Å². The van der Waals surface area contributed by atoms with Gasteiger partial charge in [-0.25, -0.2) is 0 Å². The summed E-state index contributed by atoms with van der Waals surface area (Å²) in [5.74, 6) is 0.441. The molecular weight excluding hydrogens is 486 g/mol. The van der Waals surface area contributed by atoms with Crippen LogP contribution in [0.25, 0.3) is 0 Å². The largest absolute Gasteiger partial charge is 0.497 e. The van der Waals surface area contributed by atoms with Gasteiger partial charge in [0.1, 0.15) is 5.75 Å². The van der Waals surface area contributed by atoms with Gasteiger partial charge in [-0.1, -0.05) is 41.9 Å². The van der Waals surface area contributed by atoms with Crippen LogP contribution in [-0.2, 0) is 4.79 Å². The summed E-state index contributed by atoms with van der Waals surface area (Å²) in [5.41, 5.74) is 4.10. The van der Waals surface area contributed by atoms with Crippen molar-refractivity contribution in [2.24, 2.45) is 5.92 Å². The van der Waals surface area contributed by atoms with E-state index in [2.05, 4.69) is 36.1 Å². The lowest BCUT2D eigenvalue weighted by molar-refractivity contribution is -0.135. The number of rotatable bonds is 5. The monoisotopic (exact) mass is 517 g/mol. The molecule has 2 heterocycles. The van der Waals surface area contributed by atoms with Crippen LogP contribution in [0.2, 0.25) is 5.02 Å². The molecule has 37 heavy (non-hydrogen) atoms. The van der Waals surface area contributed by atoms with Crippen molar-refractivity contribution in [1.82, 2.24) is 9.80 Å². The molecule has 2 amide bonds. The molecule has 0 aliphatic carbocycles. The summed E-state index contributed by atoms with van der Waals surface area (Å²) in [7, 11) is 1.64. The van der Waals surface area contributed by atoms with Gasteiger partial charge < -0.3 is 19.4 Å². The van der Waals surface area contributed by atoms with E-state index in [1.165, 1.54) is 11.3 Å². The number of carbonyl (C=O) groups is 2. The van der Waals surface area contributed by atoms with E-state index in [1.807, 2.05) is 34.1 Å². The zero-order valence-electron chi connectivity index (χ0n) is 21.3. The molecule has 3 aromatic rings. The summed E-state index contributed by atoms with van der Waals surface area (Å²) in [5, 5.41) is 0.590. The molecule has 6 nitrogen and oxygen atoms in total. The molecule has 0 N–H and O–H groups in total. The van der Waals surface area contributed by atoms with Crippen molar-refractivity contribution in [2.45, 2.75) is 12.8 Å². The molecule has 0 unspecified atom stereocenters. The Kier molecular flexibility index (Phi) is 7.38. The molecule has 2 fully saturated rings. The van der Waals surface area contributed by atoms with Crippen molar-refractivity contribution in [3.05, 3.63) is 94.5 Å². The Hall–Kier alpha value is -3.51. The van der Waals surface area contributed by atoms with Crippen LogP contribution in [-0.4, -0.2) is 68.0 Å². The predicted molar refractivity (Wildman–Crippen MR) is 147 cm³/mol. The Morgan fingerprint density at radius 1 is 0.838 bits per heavy atom. The highest BCUT2D eigenvalue weighted by Gasteiger charge is 2.42. The highest BCUT2D eigenvalue weighted by Crippen LogP contribution is 2.36. The third kappa shape index (κ3) is 5.30. The Balaban J connectivity index is 1.34. The standard InChI is InChI=1S/C30H32ClN3O3/c1-21-5-3-4-6-28(21)32-15-17-33(18-16-32)30(36)27-20-34(29(35)23-7-11-24(31)12-8-23)19-26(27)22-9-13-25(37-2)14-10-22/h3-14,26-27H,15-20H2,1-2H3/t26-,27+/m0/s1. The number of para-hydroxylation sites is 1. The van der Waals surface area contributed by atoms with E-state index in [4.69, 9.17) is 16.3 Å². The molecule has 192 valence electrons. The minimum Gasteiger partial charge on any atom is -0.497 e. The fraction of sp³-hybridized carbons (Fsp3) is 0.333. The fourth-order valence-electron chi connectivity index (χ4n) is 5.50. The topological polar surface area (TPSA) is 53.1 Å². The lowest BCUT2D eigenvalue weighted by Gasteiger charge is -2.38. The zero-order chi connectivity index (χ0) is 25.9. The smallest absolute Gasteiger partial charge is 0.253 e. The maximum Gasteiger partial charge on any atom is 0.253 e. The minimum atomic E-state index is -0.297. The number of benzene rings is 3. The molecule has 2 atom stereocenters. The summed E-state index contributed by atoms with van der Waals surface area (Å²) < 4.78 is 5.33. The average molecular weight is 518 g/mol. The number of methoxy groups -OCH3 is 1. The number of ether oxygens (including phenoxy) is 1. The normalized spacial score (nSPS) is 19.7. The summed E-state index contributed by atoms with van der Waals surface area (Å²) >= 11 is 6.02. The molecule has 2 saturated heterocycles. The minimum absolute atomic E-state index is 0.0742. The molecular formula is C30H32ClN3O3. The molecule has 3 aromatic carbocycles. The first-order chi connectivity index (χ1) is 17.9. The molecule has 2 aliphatic heterocycles. The average Bonchev–Trinajstić information content (AvgIpc) is 3.39. The number of hydrogen-bond acceptors (Lipinski definition) is 4. The Labute approximate surface area is 223 Å². The van der Waals surface area contributed by atoms with E-state index in [9.17, 15) is 9.59 Å². The number of nitrogens with zero attached hydrogens (tertiary/aromatic N) is 3. The van der Waals surface area contributed by atoms with Gasteiger partial charge in [0, 0.05) is 61.5 Å². The quantitative estimate of drug-likeness (QED) is 0.485. The van der Waals surface area contributed by atoms with E-state index < -0.39 is 0 Å². The van der Waals surface area contributed by atoms with E-state index in [-0.39, 0.29) is 23.7 Å². The number of piperazine rings is 1. The lowest BCUT2D eigenvalue weighted by Crippen LogP contribution is -2.51. The summed E-state index contributed by atoms with van der Waals surface area (Å²) in [6.45, 7) is 5.95. The lowest BCUT2D eigenvalue weighted by atomic mass is 9.87. The Bertz CT molecular complexity index is 1250. The number of carbonyl (C=O) groups excluding carboxylic acids is 2. The maximum absolute atomic E-state index is 13.9. The van der Waals surface area contributed by atoms with Gasteiger partial charge in [-0.15, -0.1) is 0 Å².